The van der Waals surface area contributed by atoms with Crippen LogP contribution in [0.3, 0.4) is 0 Å². The lowest BCUT2D eigenvalue weighted by Crippen LogP contribution is -2.05. The number of aliphatic hydroxyl groups is 1. The van der Waals surface area contributed by atoms with Crippen molar-refractivity contribution in [3.63, 3.8) is 0 Å². The van der Waals surface area contributed by atoms with Gasteiger partial charge in [0.2, 0.25) is 0 Å². The highest BCUT2D eigenvalue weighted by molar-refractivity contribution is 9.10. The van der Waals surface area contributed by atoms with E-state index >= 15 is 0 Å². The molecule has 1 N–H and O–H groups in total. The molecular weight excluding hydrogens is 314 g/mol. The molecular formula is C15H21BrF2O. The summed E-state index contributed by atoms with van der Waals surface area (Å²) in [7, 11) is 0. The van der Waals surface area contributed by atoms with E-state index in [1.807, 2.05) is 0 Å². The lowest BCUT2D eigenvalue weighted by Gasteiger charge is -2.13. The Balaban J connectivity index is 2.45. The van der Waals surface area contributed by atoms with Crippen LogP contribution >= 0.6 is 15.9 Å². The standard InChI is InChI=1S/C15H21BrF2O/c1-2-3-4-5-6-7-8-13(19)14-12(17)10-9-11(16)15(14)18/h9-10,13,19H,2-8H2,1H3. The van der Waals surface area contributed by atoms with Crippen molar-refractivity contribution in [1.29, 1.82) is 0 Å². The summed E-state index contributed by atoms with van der Waals surface area (Å²) in [5.74, 6) is -1.38. The zero-order chi connectivity index (χ0) is 14.3. The summed E-state index contributed by atoms with van der Waals surface area (Å²) < 4.78 is 27.5. The zero-order valence-corrected chi connectivity index (χ0v) is 12.8. The molecule has 0 heterocycles. The Bertz CT molecular complexity index is 396. The maximum Gasteiger partial charge on any atom is 0.146 e. The number of rotatable bonds is 8. The topological polar surface area (TPSA) is 20.2 Å². The number of hydrogen-bond acceptors (Lipinski definition) is 1. The van der Waals surface area contributed by atoms with E-state index in [2.05, 4.69) is 22.9 Å². The van der Waals surface area contributed by atoms with Crippen molar-refractivity contribution >= 4 is 15.9 Å². The van der Waals surface area contributed by atoms with Gasteiger partial charge in [-0.15, -0.1) is 0 Å². The van der Waals surface area contributed by atoms with Gasteiger partial charge in [0.05, 0.1) is 16.1 Å². The third-order valence-corrected chi connectivity index (χ3v) is 3.86. The molecule has 0 fully saturated rings. The summed E-state index contributed by atoms with van der Waals surface area (Å²) >= 11 is 3.01. The van der Waals surface area contributed by atoms with Gasteiger partial charge < -0.3 is 5.11 Å². The van der Waals surface area contributed by atoms with Crippen LogP contribution in [0.5, 0.6) is 0 Å². The second kappa shape index (κ2) is 8.64. The lowest BCUT2D eigenvalue weighted by atomic mass is 10.0. The van der Waals surface area contributed by atoms with Crippen LogP contribution in [0.25, 0.3) is 0 Å². The second-order valence-corrected chi connectivity index (χ2v) is 5.68. The van der Waals surface area contributed by atoms with Gasteiger partial charge in [0, 0.05) is 0 Å². The monoisotopic (exact) mass is 334 g/mol. The number of halogens is 3. The first-order valence-electron chi connectivity index (χ1n) is 6.89. The van der Waals surface area contributed by atoms with Gasteiger partial charge in [0.1, 0.15) is 11.6 Å². The molecule has 1 aromatic carbocycles. The van der Waals surface area contributed by atoms with E-state index in [1.54, 1.807) is 0 Å². The molecule has 0 aliphatic heterocycles. The van der Waals surface area contributed by atoms with Gasteiger partial charge in [0.25, 0.3) is 0 Å². The van der Waals surface area contributed by atoms with E-state index in [1.165, 1.54) is 31.4 Å². The Labute approximate surface area is 122 Å². The molecule has 0 aromatic heterocycles. The third kappa shape index (κ3) is 5.19. The Hall–Kier alpha value is -0.480. The maximum absolute atomic E-state index is 13.7. The number of unbranched alkanes of at least 4 members (excludes halogenated alkanes) is 5. The summed E-state index contributed by atoms with van der Waals surface area (Å²) in [4.78, 5) is 0. The van der Waals surface area contributed by atoms with Crippen LogP contribution in [0.2, 0.25) is 0 Å². The smallest absolute Gasteiger partial charge is 0.146 e. The lowest BCUT2D eigenvalue weighted by molar-refractivity contribution is 0.153. The Kier molecular flexibility index (Phi) is 7.54. The fourth-order valence-electron chi connectivity index (χ4n) is 2.11. The van der Waals surface area contributed by atoms with Crippen molar-refractivity contribution in [1.82, 2.24) is 0 Å². The summed E-state index contributed by atoms with van der Waals surface area (Å²) in [5, 5.41) is 9.91. The summed E-state index contributed by atoms with van der Waals surface area (Å²) in [6, 6.07) is 2.48. The predicted octanol–water partition coefficient (Wildman–Crippen LogP) is 5.51. The molecule has 0 radical (unpaired) electrons. The van der Waals surface area contributed by atoms with Crippen molar-refractivity contribution in [3.8, 4) is 0 Å². The normalized spacial score (nSPS) is 12.7. The first-order chi connectivity index (χ1) is 9.07. The molecule has 19 heavy (non-hydrogen) atoms. The van der Waals surface area contributed by atoms with Crippen LogP contribution in [0.15, 0.2) is 16.6 Å². The fraction of sp³-hybridized carbons (Fsp3) is 0.600. The van der Waals surface area contributed by atoms with E-state index < -0.39 is 17.7 Å². The molecule has 1 rings (SSSR count). The van der Waals surface area contributed by atoms with E-state index in [0.29, 0.717) is 6.42 Å². The van der Waals surface area contributed by atoms with Gasteiger partial charge in [-0.3, -0.25) is 0 Å². The molecule has 0 bridgehead atoms. The Morgan fingerprint density at radius 3 is 2.42 bits per heavy atom. The molecule has 0 saturated carbocycles. The van der Waals surface area contributed by atoms with Crippen molar-refractivity contribution in [2.24, 2.45) is 0 Å². The molecule has 1 atom stereocenters. The molecule has 0 aliphatic rings. The minimum Gasteiger partial charge on any atom is -0.388 e. The average molecular weight is 335 g/mol. The minimum atomic E-state index is -1.07. The SMILES string of the molecule is CCCCCCCCC(O)c1c(F)ccc(Br)c1F. The van der Waals surface area contributed by atoms with Crippen molar-refractivity contribution in [2.75, 3.05) is 0 Å². The highest BCUT2D eigenvalue weighted by atomic mass is 79.9. The molecule has 1 aromatic rings. The Morgan fingerprint density at radius 2 is 1.74 bits per heavy atom. The van der Waals surface area contributed by atoms with Gasteiger partial charge in [-0.1, -0.05) is 45.4 Å². The molecule has 0 spiro atoms. The molecule has 1 nitrogen and oxygen atoms in total. The van der Waals surface area contributed by atoms with Crippen molar-refractivity contribution in [3.05, 3.63) is 33.8 Å². The van der Waals surface area contributed by atoms with E-state index in [0.717, 1.165) is 19.3 Å². The third-order valence-electron chi connectivity index (χ3n) is 3.24. The molecule has 108 valence electrons. The van der Waals surface area contributed by atoms with Crippen LogP contribution in [0, 0.1) is 11.6 Å². The van der Waals surface area contributed by atoms with Crippen LogP contribution < -0.4 is 0 Å². The summed E-state index contributed by atoms with van der Waals surface area (Å²) in [6.45, 7) is 2.16. The first kappa shape index (κ1) is 16.6. The predicted molar refractivity (Wildman–Crippen MR) is 77.0 cm³/mol. The molecule has 1 unspecified atom stereocenters. The fourth-order valence-corrected chi connectivity index (χ4v) is 2.46. The van der Waals surface area contributed by atoms with E-state index in [9.17, 15) is 13.9 Å². The minimum absolute atomic E-state index is 0.186. The van der Waals surface area contributed by atoms with Crippen molar-refractivity contribution < 1.29 is 13.9 Å². The summed E-state index contributed by atoms with van der Waals surface area (Å²) in [6.07, 6.45) is 5.83. The molecule has 0 saturated heterocycles. The molecule has 0 amide bonds. The van der Waals surface area contributed by atoms with Gasteiger partial charge in [-0.05, 0) is 34.5 Å². The number of hydrogen-bond donors (Lipinski definition) is 1. The average Bonchev–Trinajstić information content (AvgIpc) is 2.38. The van der Waals surface area contributed by atoms with Crippen LogP contribution in [0.4, 0.5) is 8.78 Å². The highest BCUT2D eigenvalue weighted by Gasteiger charge is 2.19. The van der Waals surface area contributed by atoms with Crippen LogP contribution in [0.1, 0.15) is 63.5 Å². The van der Waals surface area contributed by atoms with E-state index in [-0.39, 0.29) is 10.0 Å². The zero-order valence-electron chi connectivity index (χ0n) is 11.3. The van der Waals surface area contributed by atoms with Crippen molar-refractivity contribution in [2.45, 2.75) is 58.0 Å². The van der Waals surface area contributed by atoms with Crippen LogP contribution in [-0.2, 0) is 0 Å². The van der Waals surface area contributed by atoms with Crippen LogP contribution in [-0.4, -0.2) is 5.11 Å². The quantitative estimate of drug-likeness (QED) is 0.490. The highest BCUT2D eigenvalue weighted by Crippen LogP contribution is 2.29. The van der Waals surface area contributed by atoms with Gasteiger partial charge >= 0.3 is 0 Å². The second-order valence-electron chi connectivity index (χ2n) is 4.83. The molecule has 0 aliphatic carbocycles. The van der Waals surface area contributed by atoms with Gasteiger partial charge in [0.15, 0.2) is 0 Å². The number of aliphatic hydroxyl groups excluding tert-OH is 1. The largest absolute Gasteiger partial charge is 0.388 e. The summed E-state index contributed by atoms with van der Waals surface area (Å²) in [5.41, 5.74) is -0.220. The van der Waals surface area contributed by atoms with Gasteiger partial charge in [-0.25, -0.2) is 8.78 Å². The Morgan fingerprint density at radius 1 is 1.11 bits per heavy atom. The van der Waals surface area contributed by atoms with Gasteiger partial charge in [-0.2, -0.15) is 0 Å². The first-order valence-corrected chi connectivity index (χ1v) is 7.68. The number of benzene rings is 1. The molecule has 4 heteroatoms. The van der Waals surface area contributed by atoms with E-state index in [4.69, 9.17) is 0 Å². The maximum atomic E-state index is 13.7.